The van der Waals surface area contributed by atoms with Gasteiger partial charge in [0.15, 0.2) is 0 Å². The Hall–Kier alpha value is 0.0934. The van der Waals surface area contributed by atoms with E-state index in [0.29, 0.717) is 0 Å². The molecular formula is C15H31O2Zn. The first-order chi connectivity index (χ1) is 8.68. The van der Waals surface area contributed by atoms with Gasteiger partial charge in [-0.15, -0.1) is 0 Å². The summed E-state index contributed by atoms with van der Waals surface area (Å²) in [6.07, 6.45) is 10.8. The van der Waals surface area contributed by atoms with Crippen molar-refractivity contribution in [1.82, 2.24) is 0 Å². The van der Waals surface area contributed by atoms with Gasteiger partial charge in [-0.25, -0.2) is 0 Å². The normalized spacial score (nSPS) is 9.28. The van der Waals surface area contributed by atoms with Crippen molar-refractivity contribution in [3.05, 3.63) is 6.42 Å². The van der Waals surface area contributed by atoms with Gasteiger partial charge in [-0.3, -0.25) is 4.79 Å². The molecule has 0 saturated heterocycles. The molecule has 0 saturated carbocycles. The van der Waals surface area contributed by atoms with Gasteiger partial charge in [0.1, 0.15) is 0 Å². The van der Waals surface area contributed by atoms with Crippen molar-refractivity contribution < 1.29 is 27.0 Å². The van der Waals surface area contributed by atoms with Crippen LogP contribution in [0, 0.1) is 6.42 Å². The van der Waals surface area contributed by atoms with Gasteiger partial charge in [-0.1, -0.05) is 51.9 Å². The third-order valence-electron chi connectivity index (χ3n) is 2.83. The molecule has 0 atom stereocenters. The predicted molar refractivity (Wildman–Crippen MR) is 75.5 cm³/mol. The molecule has 0 bridgehead atoms. The average Bonchev–Trinajstić information content (AvgIpc) is 2.34. The molecule has 0 aromatic carbocycles. The summed E-state index contributed by atoms with van der Waals surface area (Å²) in [5, 5.41) is 11.4. The van der Waals surface area contributed by atoms with Crippen LogP contribution < -0.4 is 0 Å². The van der Waals surface area contributed by atoms with Gasteiger partial charge < -0.3 is 5.11 Å². The Kier molecular flexibility index (Phi) is 22.0. The fourth-order valence-corrected chi connectivity index (χ4v) is 3.16. The van der Waals surface area contributed by atoms with E-state index in [4.69, 9.17) is 5.11 Å². The Morgan fingerprint density at radius 3 is 1.83 bits per heavy atom. The van der Waals surface area contributed by atoms with E-state index in [2.05, 4.69) is 20.8 Å². The summed E-state index contributed by atoms with van der Waals surface area (Å²) in [4.78, 5) is 10.1. The van der Waals surface area contributed by atoms with Gasteiger partial charge in [0.05, 0.1) is 6.42 Å². The summed E-state index contributed by atoms with van der Waals surface area (Å²) < 4.78 is 0. The monoisotopic (exact) mass is 307 g/mol. The van der Waals surface area contributed by atoms with Gasteiger partial charge in [-0.05, 0) is 6.42 Å². The molecule has 1 radical (unpaired) electrons. The second-order valence-electron chi connectivity index (χ2n) is 4.81. The molecular weight excluding hydrogens is 278 g/mol. The first-order valence-corrected chi connectivity index (χ1v) is 11.9. The second-order valence-corrected chi connectivity index (χ2v) is 10.5. The molecule has 0 aromatic heterocycles. The van der Waals surface area contributed by atoms with Crippen LogP contribution in [0.3, 0.4) is 0 Å². The van der Waals surface area contributed by atoms with Crippen LogP contribution >= 0.6 is 0 Å². The molecule has 2 nitrogen and oxygen atoms in total. The van der Waals surface area contributed by atoms with Crippen LogP contribution in [0.15, 0.2) is 0 Å². The van der Waals surface area contributed by atoms with Crippen molar-refractivity contribution in [2.75, 3.05) is 0 Å². The number of hydrogen-bond acceptors (Lipinski definition) is 1. The fraction of sp³-hybridized carbons (Fsp3) is 0.867. The van der Waals surface area contributed by atoms with Gasteiger partial charge in [0, 0.05) is 0 Å². The zero-order valence-electron chi connectivity index (χ0n) is 12.7. The van der Waals surface area contributed by atoms with E-state index in [1.807, 2.05) is 0 Å². The van der Waals surface area contributed by atoms with Crippen molar-refractivity contribution in [2.45, 2.75) is 82.2 Å². The molecule has 0 rings (SSSR count). The summed E-state index contributed by atoms with van der Waals surface area (Å²) in [7, 11) is 0. The zero-order chi connectivity index (χ0) is 14.1. The molecule has 1 N–H and O–H groups in total. The quantitative estimate of drug-likeness (QED) is 0.412. The van der Waals surface area contributed by atoms with Crippen molar-refractivity contribution in [1.29, 1.82) is 0 Å². The van der Waals surface area contributed by atoms with Crippen LogP contribution in [0.2, 0.25) is 10.0 Å². The van der Waals surface area contributed by atoms with Crippen molar-refractivity contribution >= 4 is 5.97 Å². The number of unbranched alkanes of at least 4 members (excludes halogenated alkanes) is 7. The molecule has 0 amide bonds. The molecule has 105 valence electrons. The molecule has 3 heteroatoms. The Bertz CT molecular complexity index is 159. The number of aliphatic carboxylic acids is 1. The molecule has 0 heterocycles. The van der Waals surface area contributed by atoms with Crippen LogP contribution in [-0.4, -0.2) is 11.1 Å². The molecule has 0 fully saturated rings. The standard InChI is InChI=1S/C11H21O2.2C2H5.Zn/c1-2-3-4-5-6-7-8-9-10-11(12)13;2*1-2;/h10H,2-9H2,1H3,(H,12,13);2*1H2,2H3;. The van der Waals surface area contributed by atoms with E-state index in [0.717, 1.165) is 12.8 Å². The maximum atomic E-state index is 10.1. The van der Waals surface area contributed by atoms with E-state index >= 15 is 0 Å². The first kappa shape index (κ1) is 20.4. The van der Waals surface area contributed by atoms with Crippen LogP contribution in [0.5, 0.6) is 0 Å². The molecule has 0 aromatic rings. The van der Waals surface area contributed by atoms with Gasteiger partial charge >= 0.3 is 47.0 Å². The molecule has 0 aliphatic heterocycles. The second kappa shape index (κ2) is 19.4. The third kappa shape index (κ3) is 25.1. The molecule has 0 spiro atoms. The minimum atomic E-state index is -0.786. The number of hydrogen-bond donors (Lipinski definition) is 1. The van der Waals surface area contributed by atoms with E-state index < -0.39 is 5.97 Å². The molecule has 0 unspecified atom stereocenters. The molecule has 0 aliphatic rings. The minimum absolute atomic E-state index is 0.0972. The van der Waals surface area contributed by atoms with Crippen LogP contribution in [0.4, 0.5) is 0 Å². The SMILES string of the molecule is CCCCCCCCC[CH]C(=O)O.C[CH2][Zn][CH2]C. The average molecular weight is 309 g/mol. The van der Waals surface area contributed by atoms with Crippen molar-refractivity contribution in [3.63, 3.8) is 0 Å². The third-order valence-corrected chi connectivity index (χ3v) is 5.80. The van der Waals surface area contributed by atoms with E-state index in [9.17, 15) is 4.79 Å². The Labute approximate surface area is 122 Å². The van der Waals surface area contributed by atoms with Crippen LogP contribution in [0.1, 0.15) is 72.1 Å². The fourth-order valence-electron chi connectivity index (χ4n) is 1.68. The summed E-state index contributed by atoms with van der Waals surface area (Å²) in [5.41, 5.74) is 0. The Morgan fingerprint density at radius 1 is 0.944 bits per heavy atom. The number of carboxylic acid groups (broad SMARTS) is 1. The summed E-state index contributed by atoms with van der Waals surface area (Å²) >= 11 is 0.0972. The van der Waals surface area contributed by atoms with Gasteiger partial charge in [-0.2, -0.15) is 0 Å². The Morgan fingerprint density at radius 2 is 1.44 bits per heavy atom. The van der Waals surface area contributed by atoms with E-state index in [1.54, 1.807) is 0 Å². The van der Waals surface area contributed by atoms with Crippen LogP contribution in [-0.2, 0) is 21.9 Å². The summed E-state index contributed by atoms with van der Waals surface area (Å²) in [6.45, 7) is 6.80. The van der Waals surface area contributed by atoms with Crippen LogP contribution in [0.25, 0.3) is 0 Å². The number of carbonyl (C=O) groups is 1. The first-order valence-electron chi connectivity index (χ1n) is 7.75. The number of rotatable bonds is 11. The summed E-state index contributed by atoms with van der Waals surface area (Å²) in [5.74, 6) is -0.786. The number of carboxylic acids is 1. The van der Waals surface area contributed by atoms with E-state index in [-0.39, 0.29) is 17.1 Å². The Balaban J connectivity index is 0. The predicted octanol–water partition coefficient (Wildman–Crippen LogP) is 5.36. The maximum absolute atomic E-state index is 10.1. The van der Waals surface area contributed by atoms with E-state index in [1.165, 1.54) is 55.0 Å². The summed E-state index contributed by atoms with van der Waals surface area (Å²) in [6, 6.07) is 0. The molecule has 0 aliphatic carbocycles. The zero-order valence-corrected chi connectivity index (χ0v) is 15.7. The topological polar surface area (TPSA) is 37.3 Å². The van der Waals surface area contributed by atoms with Crippen molar-refractivity contribution in [3.8, 4) is 0 Å². The van der Waals surface area contributed by atoms with Crippen molar-refractivity contribution in [2.24, 2.45) is 0 Å². The van der Waals surface area contributed by atoms with Gasteiger partial charge in [0.25, 0.3) is 0 Å². The molecule has 18 heavy (non-hydrogen) atoms. The van der Waals surface area contributed by atoms with Gasteiger partial charge in [0.2, 0.25) is 0 Å².